The summed E-state index contributed by atoms with van der Waals surface area (Å²) in [4.78, 5) is 23.7. The van der Waals surface area contributed by atoms with E-state index >= 15 is 0 Å². The van der Waals surface area contributed by atoms with Crippen molar-refractivity contribution < 1.29 is 0 Å². The molecule has 1 fully saturated rings. The topological polar surface area (TPSA) is 92.6 Å². The van der Waals surface area contributed by atoms with E-state index in [0.717, 1.165) is 54.1 Å². The Morgan fingerprint density at radius 3 is 2.52 bits per heavy atom. The Morgan fingerprint density at radius 2 is 1.75 bits per heavy atom. The second-order valence-electron chi connectivity index (χ2n) is 10.8. The third-order valence-electron chi connectivity index (χ3n) is 8.03. The summed E-state index contributed by atoms with van der Waals surface area (Å²) in [6, 6.07) is 22.4. The van der Waals surface area contributed by atoms with Gasteiger partial charge in [-0.3, -0.25) is 14.7 Å². The van der Waals surface area contributed by atoms with Gasteiger partial charge in [0.2, 0.25) is 0 Å². The van der Waals surface area contributed by atoms with Crippen molar-refractivity contribution in [1.82, 2.24) is 35.1 Å². The van der Waals surface area contributed by atoms with Gasteiger partial charge in [0.15, 0.2) is 5.82 Å². The number of aromatic amines is 1. The first kappa shape index (κ1) is 26.1. The number of nitrogens with zero attached hydrogens (tertiary/aromatic N) is 6. The van der Waals surface area contributed by atoms with Gasteiger partial charge in [0.1, 0.15) is 6.04 Å². The smallest absolute Gasteiger partial charge is 0.253 e. The zero-order valence-electron chi connectivity index (χ0n) is 22.9. The molecule has 1 saturated carbocycles. The van der Waals surface area contributed by atoms with E-state index in [0.29, 0.717) is 24.5 Å². The lowest BCUT2D eigenvalue weighted by Gasteiger charge is -2.32. The van der Waals surface area contributed by atoms with Crippen molar-refractivity contribution in [2.24, 2.45) is 0 Å². The highest BCUT2D eigenvalue weighted by Gasteiger charge is 2.33. The van der Waals surface area contributed by atoms with Crippen LogP contribution in [0.3, 0.4) is 0 Å². The molecule has 0 saturated heterocycles. The molecule has 0 radical (unpaired) electrons. The van der Waals surface area contributed by atoms with Crippen molar-refractivity contribution in [1.29, 1.82) is 0 Å². The molecule has 0 unspecified atom stereocenters. The molecule has 0 bridgehead atoms. The van der Waals surface area contributed by atoms with Gasteiger partial charge in [-0.25, -0.2) is 4.68 Å². The van der Waals surface area contributed by atoms with Crippen molar-refractivity contribution in [2.75, 3.05) is 0 Å². The Labute approximate surface area is 234 Å². The SMILES string of the molecule is CCc1ccc2[nH]c(=O)c([C@H](c3nnnn3C3CCCCC3)N(Cc3ccccc3)Cc3cccnc3)cc2c1. The zero-order valence-corrected chi connectivity index (χ0v) is 22.9. The number of pyridine rings is 2. The molecule has 3 aromatic heterocycles. The number of rotatable bonds is 9. The molecule has 40 heavy (non-hydrogen) atoms. The number of fused-ring (bicyclic) bond motifs is 1. The molecule has 2 aromatic carbocycles. The van der Waals surface area contributed by atoms with Gasteiger partial charge in [0.05, 0.1) is 6.04 Å². The van der Waals surface area contributed by atoms with Gasteiger partial charge in [-0.15, -0.1) is 5.10 Å². The van der Waals surface area contributed by atoms with Crippen molar-refractivity contribution in [3.63, 3.8) is 0 Å². The number of aryl methyl sites for hydroxylation is 1. The van der Waals surface area contributed by atoms with E-state index in [-0.39, 0.29) is 11.6 Å². The van der Waals surface area contributed by atoms with Crippen LogP contribution < -0.4 is 5.56 Å². The van der Waals surface area contributed by atoms with Gasteiger partial charge in [0.25, 0.3) is 5.56 Å². The maximum absolute atomic E-state index is 13.8. The highest BCUT2D eigenvalue weighted by atomic mass is 16.1. The molecule has 204 valence electrons. The molecule has 5 aromatic rings. The monoisotopic (exact) mass is 533 g/mol. The molecule has 1 aliphatic carbocycles. The van der Waals surface area contributed by atoms with Gasteiger partial charge in [0, 0.05) is 36.6 Å². The molecule has 1 N–H and O–H groups in total. The molecular weight excluding hydrogens is 498 g/mol. The van der Waals surface area contributed by atoms with Crippen LogP contribution in [0.25, 0.3) is 10.9 Å². The summed E-state index contributed by atoms with van der Waals surface area (Å²) in [7, 11) is 0. The van der Waals surface area contributed by atoms with E-state index < -0.39 is 6.04 Å². The fraction of sp³-hybridized carbons (Fsp3) is 0.344. The van der Waals surface area contributed by atoms with Gasteiger partial charge >= 0.3 is 0 Å². The van der Waals surface area contributed by atoms with Crippen molar-refractivity contribution >= 4 is 10.9 Å². The molecule has 6 rings (SSSR count). The molecule has 8 nitrogen and oxygen atoms in total. The standard InChI is InChI=1S/C32H35N7O/c1-2-23-15-16-29-26(18-23)19-28(32(40)34-29)30(31-35-36-37-39(31)27-13-7-4-8-14-27)38(21-24-10-5-3-6-11-24)22-25-12-9-17-33-20-25/h3,5-6,9-12,15-20,27,30H,2,4,7-8,13-14,21-22H2,1H3,(H,34,40)/t30-/m1/s1. The number of tetrazole rings is 1. The molecule has 1 atom stereocenters. The quantitative estimate of drug-likeness (QED) is 0.259. The Morgan fingerprint density at radius 1 is 0.950 bits per heavy atom. The Bertz CT molecular complexity index is 1570. The van der Waals surface area contributed by atoms with Crippen molar-refractivity contribution in [3.05, 3.63) is 118 Å². The zero-order chi connectivity index (χ0) is 27.3. The molecule has 0 aliphatic heterocycles. The van der Waals surface area contributed by atoms with E-state index in [1.54, 1.807) is 6.20 Å². The number of benzene rings is 2. The van der Waals surface area contributed by atoms with Crippen molar-refractivity contribution in [3.8, 4) is 0 Å². The summed E-state index contributed by atoms with van der Waals surface area (Å²) >= 11 is 0. The van der Waals surface area contributed by atoms with Crippen LogP contribution in [0, 0.1) is 0 Å². The minimum atomic E-state index is -0.462. The molecule has 0 amide bonds. The molecule has 0 spiro atoms. The van der Waals surface area contributed by atoms with E-state index in [4.69, 9.17) is 0 Å². The normalized spacial score (nSPS) is 15.1. The molecule has 3 heterocycles. The third-order valence-corrected chi connectivity index (χ3v) is 8.03. The maximum Gasteiger partial charge on any atom is 0.253 e. The second kappa shape index (κ2) is 11.9. The minimum absolute atomic E-state index is 0.121. The van der Waals surface area contributed by atoms with Crippen LogP contribution in [0.4, 0.5) is 0 Å². The Kier molecular flexibility index (Phi) is 7.77. The van der Waals surface area contributed by atoms with Crippen LogP contribution in [0.5, 0.6) is 0 Å². The first-order valence-corrected chi connectivity index (χ1v) is 14.3. The van der Waals surface area contributed by atoms with Crippen LogP contribution in [-0.2, 0) is 19.5 Å². The molecular formula is C32H35N7O. The van der Waals surface area contributed by atoms with Gasteiger partial charge in [-0.1, -0.05) is 68.7 Å². The van der Waals surface area contributed by atoms with Crippen LogP contribution in [0.1, 0.15) is 79.2 Å². The Balaban J connectivity index is 1.53. The molecule has 1 aliphatic rings. The third kappa shape index (κ3) is 5.58. The summed E-state index contributed by atoms with van der Waals surface area (Å²) in [5.74, 6) is 0.711. The summed E-state index contributed by atoms with van der Waals surface area (Å²) in [5.41, 5.74) is 4.80. The summed E-state index contributed by atoms with van der Waals surface area (Å²) in [5, 5.41) is 14.3. The van der Waals surface area contributed by atoms with Crippen LogP contribution in [0.15, 0.2) is 83.9 Å². The summed E-state index contributed by atoms with van der Waals surface area (Å²) in [6.45, 7) is 3.34. The van der Waals surface area contributed by atoms with Gasteiger partial charge in [-0.2, -0.15) is 0 Å². The van der Waals surface area contributed by atoms with E-state index in [1.165, 1.54) is 12.0 Å². The summed E-state index contributed by atoms with van der Waals surface area (Å²) in [6.07, 6.45) is 10.2. The lowest BCUT2D eigenvalue weighted by Crippen LogP contribution is -2.35. The van der Waals surface area contributed by atoms with E-state index in [9.17, 15) is 4.79 Å². The second-order valence-corrected chi connectivity index (χ2v) is 10.8. The summed E-state index contributed by atoms with van der Waals surface area (Å²) < 4.78 is 2.00. The number of hydrogen-bond donors (Lipinski definition) is 1. The number of hydrogen-bond acceptors (Lipinski definition) is 6. The molecule has 8 heteroatoms. The maximum atomic E-state index is 13.8. The highest BCUT2D eigenvalue weighted by Crippen LogP contribution is 2.34. The van der Waals surface area contributed by atoms with Crippen LogP contribution in [-0.4, -0.2) is 35.1 Å². The van der Waals surface area contributed by atoms with E-state index in [1.807, 2.05) is 47.3 Å². The van der Waals surface area contributed by atoms with Crippen LogP contribution >= 0.6 is 0 Å². The average molecular weight is 534 g/mol. The van der Waals surface area contributed by atoms with Crippen molar-refractivity contribution in [2.45, 2.75) is 70.6 Å². The predicted octanol–water partition coefficient (Wildman–Crippen LogP) is 5.77. The fourth-order valence-corrected chi connectivity index (χ4v) is 5.94. The van der Waals surface area contributed by atoms with E-state index in [2.05, 4.69) is 67.6 Å². The van der Waals surface area contributed by atoms with Gasteiger partial charge < -0.3 is 4.98 Å². The average Bonchev–Trinajstić information content (AvgIpc) is 3.48. The number of nitrogens with one attached hydrogen (secondary N) is 1. The predicted molar refractivity (Wildman–Crippen MR) is 156 cm³/mol. The highest BCUT2D eigenvalue weighted by molar-refractivity contribution is 5.80. The lowest BCUT2D eigenvalue weighted by molar-refractivity contribution is 0.186. The number of aromatic nitrogens is 6. The minimum Gasteiger partial charge on any atom is -0.322 e. The number of H-pyrrole nitrogens is 1. The lowest BCUT2D eigenvalue weighted by atomic mass is 9.95. The first-order valence-electron chi connectivity index (χ1n) is 14.3. The van der Waals surface area contributed by atoms with Crippen LogP contribution in [0.2, 0.25) is 0 Å². The Hall–Kier alpha value is -4.17. The first-order chi connectivity index (χ1) is 19.7. The fourth-order valence-electron chi connectivity index (χ4n) is 5.94. The van der Waals surface area contributed by atoms with Gasteiger partial charge in [-0.05, 0) is 76.0 Å². The largest absolute Gasteiger partial charge is 0.322 e.